The first kappa shape index (κ1) is 44.7. The molecule has 2 saturated heterocycles. The van der Waals surface area contributed by atoms with Crippen LogP contribution in [0.15, 0.2) is 12.2 Å². The molecule has 2 heterocycles. The first-order valence-electron chi connectivity index (χ1n) is 20.9. The molecule has 6 rings (SSSR count). The number of hydrogen-bond donors (Lipinski definition) is 11. The predicted molar refractivity (Wildman–Crippen MR) is 202 cm³/mol. The summed E-state index contributed by atoms with van der Waals surface area (Å²) >= 11 is 0. The van der Waals surface area contributed by atoms with Gasteiger partial charge in [-0.05, 0) is 112 Å². The van der Waals surface area contributed by atoms with E-state index in [1.54, 1.807) is 32.9 Å². The fraction of sp³-hybridized carbons (Fsp3) is 0.952. The lowest BCUT2D eigenvalue weighted by Crippen LogP contribution is -2.75. The molecule has 0 aromatic carbocycles. The lowest BCUT2D eigenvalue weighted by Gasteiger charge is -2.73. The summed E-state index contributed by atoms with van der Waals surface area (Å²) in [6, 6.07) is 0. The molecule has 11 N–H and O–H groups in total. The van der Waals surface area contributed by atoms with Crippen LogP contribution in [0.2, 0.25) is 0 Å². The lowest BCUT2D eigenvalue weighted by molar-refractivity contribution is -0.344. The average Bonchev–Trinajstić information content (AvgIpc) is 3.50. The summed E-state index contributed by atoms with van der Waals surface area (Å²) in [5.74, 6) is -1.28. The van der Waals surface area contributed by atoms with E-state index in [-0.39, 0.29) is 30.1 Å². The molecule has 4 aliphatic carbocycles. The maximum Gasteiger partial charge on any atom is 0.186 e. The minimum Gasteiger partial charge on any atom is -0.394 e. The predicted octanol–water partition coefficient (Wildman–Crippen LogP) is 0.508. The highest BCUT2D eigenvalue weighted by atomic mass is 16.7. The maximum atomic E-state index is 13.6. The van der Waals surface area contributed by atoms with Crippen molar-refractivity contribution in [2.45, 2.75) is 191 Å². The molecule has 56 heavy (non-hydrogen) atoms. The van der Waals surface area contributed by atoms with E-state index in [0.29, 0.717) is 25.7 Å². The zero-order valence-electron chi connectivity index (χ0n) is 34.5. The summed E-state index contributed by atoms with van der Waals surface area (Å²) in [5.41, 5.74) is -6.21. The van der Waals surface area contributed by atoms with E-state index in [0.717, 1.165) is 12.8 Å². The Morgan fingerprint density at radius 2 is 1.27 bits per heavy atom. The molecular formula is C42H72O14. The number of ether oxygens (including phenoxy) is 3. The van der Waals surface area contributed by atoms with Crippen molar-refractivity contribution in [3.05, 3.63) is 12.2 Å². The third kappa shape index (κ3) is 6.87. The van der Waals surface area contributed by atoms with Crippen LogP contribution in [0.1, 0.15) is 107 Å². The van der Waals surface area contributed by atoms with Crippen molar-refractivity contribution in [3.63, 3.8) is 0 Å². The fourth-order valence-corrected chi connectivity index (χ4v) is 13.7. The molecule has 6 fully saturated rings. The van der Waals surface area contributed by atoms with Gasteiger partial charge in [0.1, 0.15) is 54.9 Å². The fourth-order valence-electron chi connectivity index (χ4n) is 13.7. The largest absolute Gasteiger partial charge is 0.394 e. The van der Waals surface area contributed by atoms with Crippen molar-refractivity contribution in [3.8, 4) is 0 Å². The maximum absolute atomic E-state index is 13.6. The first-order valence-corrected chi connectivity index (χ1v) is 20.9. The zero-order chi connectivity index (χ0) is 41.8. The minimum atomic E-state index is -1.84. The summed E-state index contributed by atoms with van der Waals surface area (Å²) in [6.07, 6.45) is -7.33. The Balaban J connectivity index is 1.39. The van der Waals surface area contributed by atoms with Crippen molar-refractivity contribution in [2.24, 2.45) is 45.3 Å². The van der Waals surface area contributed by atoms with Crippen molar-refractivity contribution in [2.75, 3.05) is 13.2 Å². The Kier molecular flexibility index (Phi) is 12.0. The van der Waals surface area contributed by atoms with Crippen LogP contribution >= 0.6 is 0 Å². The highest BCUT2D eigenvalue weighted by Crippen LogP contribution is 2.78. The Morgan fingerprint density at radius 1 is 0.696 bits per heavy atom. The zero-order valence-corrected chi connectivity index (χ0v) is 34.5. The van der Waals surface area contributed by atoms with Crippen molar-refractivity contribution in [1.82, 2.24) is 0 Å². The van der Waals surface area contributed by atoms with Gasteiger partial charge in [-0.3, -0.25) is 0 Å². The topological polar surface area (TPSA) is 250 Å². The Labute approximate surface area is 331 Å². The Bertz CT molecular complexity index is 1430. The van der Waals surface area contributed by atoms with Gasteiger partial charge in [0.2, 0.25) is 0 Å². The van der Waals surface area contributed by atoms with E-state index in [1.165, 1.54) is 0 Å². The van der Waals surface area contributed by atoms with Crippen molar-refractivity contribution < 1.29 is 70.4 Å². The summed E-state index contributed by atoms with van der Waals surface area (Å²) in [4.78, 5) is 0. The van der Waals surface area contributed by atoms with Gasteiger partial charge < -0.3 is 70.4 Å². The lowest BCUT2D eigenvalue weighted by atomic mass is 9.33. The molecule has 2 aliphatic heterocycles. The second-order valence-electron chi connectivity index (χ2n) is 20.9. The number of aliphatic hydroxyl groups excluding tert-OH is 8. The molecule has 1 unspecified atom stereocenters. The van der Waals surface area contributed by atoms with Gasteiger partial charge in [-0.15, -0.1) is 0 Å². The van der Waals surface area contributed by atoms with Gasteiger partial charge in [-0.1, -0.05) is 46.8 Å². The summed E-state index contributed by atoms with van der Waals surface area (Å²) < 4.78 is 18.5. The monoisotopic (exact) mass is 800 g/mol. The SMILES string of the molecule is CC(C)(O)C=CC[C@@](C)(O)[C@H]1CC[C@@]2(C)[C@@H]1[C@@](O)([C@@H]1O[C@H](CO)[C@@H](O)[C@H](O)[C@H]1O)C[C@@H]1[C@@]3(C)CC[C@H](O[C@@H]4O[C@H](CO)[C@@H](O)[C@H](O)[C@H]4O)C(C)(C)C3CC[C@]12C. The van der Waals surface area contributed by atoms with E-state index >= 15 is 0 Å². The molecule has 0 bridgehead atoms. The average molecular weight is 801 g/mol. The number of rotatable bonds is 9. The third-order valence-corrected chi connectivity index (χ3v) is 16.8. The van der Waals surface area contributed by atoms with Crippen LogP contribution in [0.5, 0.6) is 0 Å². The van der Waals surface area contributed by atoms with E-state index < -0.39 is 125 Å². The molecule has 14 heteroatoms. The molecule has 0 aromatic heterocycles. The highest BCUT2D eigenvalue weighted by Gasteiger charge is 2.76. The van der Waals surface area contributed by atoms with Crippen LogP contribution in [0.4, 0.5) is 0 Å². The van der Waals surface area contributed by atoms with Gasteiger partial charge in [0, 0.05) is 5.92 Å². The summed E-state index contributed by atoms with van der Waals surface area (Å²) in [7, 11) is 0. The number of hydrogen-bond acceptors (Lipinski definition) is 14. The first-order chi connectivity index (χ1) is 25.7. The van der Waals surface area contributed by atoms with E-state index in [9.17, 15) is 56.2 Å². The van der Waals surface area contributed by atoms with E-state index in [4.69, 9.17) is 14.2 Å². The minimum absolute atomic E-state index is 0.0168. The summed E-state index contributed by atoms with van der Waals surface area (Å²) in [5, 5.41) is 122. The van der Waals surface area contributed by atoms with Crippen LogP contribution in [0, 0.1) is 45.3 Å². The quantitative estimate of drug-likeness (QED) is 0.112. The second-order valence-corrected chi connectivity index (χ2v) is 20.9. The smallest absolute Gasteiger partial charge is 0.186 e. The molecule has 20 atom stereocenters. The highest BCUT2D eigenvalue weighted by molar-refractivity contribution is 5.25. The van der Waals surface area contributed by atoms with Gasteiger partial charge >= 0.3 is 0 Å². The van der Waals surface area contributed by atoms with Crippen LogP contribution < -0.4 is 0 Å². The van der Waals surface area contributed by atoms with Gasteiger partial charge in [0.05, 0.1) is 36.1 Å². The number of aliphatic hydroxyl groups is 11. The van der Waals surface area contributed by atoms with E-state index in [1.807, 2.05) is 0 Å². The molecule has 14 nitrogen and oxygen atoms in total. The van der Waals surface area contributed by atoms with Crippen LogP contribution in [-0.4, -0.2) is 154 Å². The molecule has 324 valence electrons. The molecule has 0 radical (unpaired) electrons. The third-order valence-electron chi connectivity index (χ3n) is 16.8. The van der Waals surface area contributed by atoms with Crippen LogP contribution in [-0.2, 0) is 14.2 Å². The molecule has 0 aromatic rings. The van der Waals surface area contributed by atoms with Crippen molar-refractivity contribution >= 4 is 0 Å². The second kappa shape index (κ2) is 15.0. The van der Waals surface area contributed by atoms with Gasteiger partial charge in [0.25, 0.3) is 0 Å². The molecule has 0 amide bonds. The molecular weight excluding hydrogens is 728 g/mol. The standard InChI is InChI=1S/C42H72O14/c1-36(2,51)13-9-14-41(8,52)21-10-16-40(7)33(21)42(53,34-31(49)29(47)27(45)22(19-43)54-34)18-25-38(5)15-12-26(37(3,4)24(38)11-17-39(25,40)6)56-35-32(50)30(48)28(46)23(20-44)55-35/h9,13,21-35,43-53H,10-12,14-20H2,1-8H3/t21-,22+,23+,24?,25+,26-,27+,28+,29-,30-,31+,32+,33+,34+,35-,38-,39+,40-,41+,42+/m0/s1. The Hall–Kier alpha value is -0.820. The molecule has 4 saturated carbocycles. The van der Waals surface area contributed by atoms with Gasteiger partial charge in [-0.25, -0.2) is 0 Å². The van der Waals surface area contributed by atoms with Crippen LogP contribution in [0.3, 0.4) is 0 Å². The van der Waals surface area contributed by atoms with Crippen LogP contribution in [0.25, 0.3) is 0 Å². The Morgan fingerprint density at radius 3 is 1.86 bits per heavy atom. The summed E-state index contributed by atoms with van der Waals surface area (Å²) in [6.45, 7) is 14.8. The number of fused-ring (bicyclic) bond motifs is 5. The van der Waals surface area contributed by atoms with Gasteiger partial charge in [-0.2, -0.15) is 0 Å². The molecule has 6 aliphatic rings. The molecule has 0 spiro atoms. The van der Waals surface area contributed by atoms with E-state index in [2.05, 4.69) is 34.6 Å². The normalized spacial score (nSPS) is 53.2. The van der Waals surface area contributed by atoms with Crippen molar-refractivity contribution in [1.29, 1.82) is 0 Å². The van der Waals surface area contributed by atoms with Gasteiger partial charge in [0.15, 0.2) is 6.29 Å².